The number of methoxy groups -OCH3 is 1. The van der Waals surface area contributed by atoms with E-state index in [4.69, 9.17) is 4.74 Å². The maximum atomic E-state index is 13.8. The minimum Gasteiger partial charge on any atom is -0.495 e. The van der Waals surface area contributed by atoms with Gasteiger partial charge in [-0.15, -0.1) is 0 Å². The van der Waals surface area contributed by atoms with Crippen LogP contribution in [0.2, 0.25) is 0 Å². The van der Waals surface area contributed by atoms with Crippen molar-refractivity contribution in [1.29, 1.82) is 0 Å². The van der Waals surface area contributed by atoms with E-state index in [-0.39, 0.29) is 21.2 Å². The Hall–Kier alpha value is -3.41. The molecule has 1 amide bonds. The van der Waals surface area contributed by atoms with Gasteiger partial charge in [-0.3, -0.25) is 9.10 Å². The van der Waals surface area contributed by atoms with Crippen molar-refractivity contribution < 1.29 is 26.4 Å². The zero-order valence-electron chi connectivity index (χ0n) is 23.0. The highest BCUT2D eigenvalue weighted by Gasteiger charge is 2.31. The number of aryl methyl sites for hydroxylation is 2. The lowest BCUT2D eigenvalue weighted by Gasteiger charge is -2.27. The van der Waals surface area contributed by atoms with Gasteiger partial charge in [0, 0.05) is 18.8 Å². The zero-order chi connectivity index (χ0) is 28.9. The summed E-state index contributed by atoms with van der Waals surface area (Å²) in [4.78, 5) is 13.4. The first-order valence-corrected chi connectivity index (χ1v) is 16.1. The number of benzene rings is 3. The van der Waals surface area contributed by atoms with Crippen molar-refractivity contribution in [3.05, 3.63) is 77.9 Å². The summed E-state index contributed by atoms with van der Waals surface area (Å²) in [5.74, 6) is -0.447. The van der Waals surface area contributed by atoms with Gasteiger partial charge in [-0.1, -0.05) is 49.2 Å². The second-order valence-corrected chi connectivity index (χ2v) is 13.5. The third kappa shape index (κ3) is 6.32. The number of piperidine rings is 1. The van der Waals surface area contributed by atoms with Crippen LogP contribution in [-0.4, -0.2) is 53.8 Å². The van der Waals surface area contributed by atoms with Crippen molar-refractivity contribution in [1.82, 2.24) is 4.31 Å². The summed E-state index contributed by atoms with van der Waals surface area (Å²) in [6, 6.07) is 17.9. The summed E-state index contributed by atoms with van der Waals surface area (Å²) in [7, 11) is -6.56. The number of ether oxygens (including phenoxy) is 1. The van der Waals surface area contributed by atoms with Crippen LogP contribution in [-0.2, 0) is 31.3 Å². The highest BCUT2D eigenvalue weighted by atomic mass is 32.2. The van der Waals surface area contributed by atoms with Crippen molar-refractivity contribution >= 4 is 37.3 Å². The molecule has 1 saturated heterocycles. The Balaban J connectivity index is 1.66. The van der Waals surface area contributed by atoms with Gasteiger partial charge < -0.3 is 10.1 Å². The predicted octanol–water partition coefficient (Wildman–Crippen LogP) is 4.57. The molecule has 0 unspecified atom stereocenters. The summed E-state index contributed by atoms with van der Waals surface area (Å²) in [6.07, 6.45) is 3.10. The fraction of sp³-hybridized carbons (Fsp3) is 0.345. The van der Waals surface area contributed by atoms with E-state index < -0.39 is 32.5 Å². The van der Waals surface area contributed by atoms with Crippen LogP contribution in [0.15, 0.2) is 76.5 Å². The van der Waals surface area contributed by atoms with Crippen LogP contribution < -0.4 is 14.4 Å². The van der Waals surface area contributed by atoms with Crippen LogP contribution in [0.25, 0.3) is 0 Å². The predicted molar refractivity (Wildman–Crippen MR) is 156 cm³/mol. The molecule has 1 heterocycles. The second-order valence-electron chi connectivity index (χ2n) is 9.69. The third-order valence-corrected chi connectivity index (χ3v) is 10.6. The molecule has 0 saturated carbocycles. The quantitative estimate of drug-likeness (QED) is 0.373. The summed E-state index contributed by atoms with van der Waals surface area (Å²) in [5, 5.41) is 2.70. The topological polar surface area (TPSA) is 113 Å². The summed E-state index contributed by atoms with van der Waals surface area (Å²) < 4.78 is 62.2. The van der Waals surface area contributed by atoms with E-state index in [0.717, 1.165) is 34.7 Å². The standard InChI is InChI=1S/C29H35N3O6S2/c1-4-23-10-6-7-11-26(23)32(39(34,35)25-15-12-22(2)13-16-25)21-29(33)30-24-14-17-27(38-3)28(20-24)40(36,37)31-18-8-5-9-19-31/h6-7,10-17,20H,4-5,8-9,18-19,21H2,1-3H3,(H,30,33). The monoisotopic (exact) mass is 585 g/mol. The molecular formula is C29H35N3O6S2. The highest BCUT2D eigenvalue weighted by Crippen LogP contribution is 2.32. The molecule has 0 aromatic heterocycles. The molecule has 1 N–H and O–H groups in total. The summed E-state index contributed by atoms with van der Waals surface area (Å²) in [5.41, 5.74) is 2.30. The molecular weight excluding hydrogens is 550 g/mol. The van der Waals surface area contributed by atoms with Gasteiger partial charge in [0.15, 0.2) is 0 Å². The zero-order valence-corrected chi connectivity index (χ0v) is 24.6. The lowest BCUT2D eigenvalue weighted by atomic mass is 10.1. The Labute approximate surface area is 236 Å². The number of nitrogens with one attached hydrogen (secondary N) is 1. The SMILES string of the molecule is CCc1ccccc1N(CC(=O)Nc1ccc(OC)c(S(=O)(=O)N2CCCCC2)c1)S(=O)(=O)c1ccc(C)cc1. The molecule has 214 valence electrons. The minimum absolute atomic E-state index is 0.0461. The Kier molecular flexibility index (Phi) is 9.17. The normalized spacial score (nSPS) is 14.5. The number of hydrogen-bond donors (Lipinski definition) is 1. The summed E-state index contributed by atoms with van der Waals surface area (Å²) >= 11 is 0. The van der Waals surface area contributed by atoms with Crippen LogP contribution in [0.5, 0.6) is 5.75 Å². The van der Waals surface area contributed by atoms with Crippen molar-refractivity contribution in [2.24, 2.45) is 0 Å². The van der Waals surface area contributed by atoms with Crippen LogP contribution in [0.1, 0.15) is 37.3 Å². The van der Waals surface area contributed by atoms with Crippen LogP contribution in [0, 0.1) is 6.92 Å². The Morgan fingerprint density at radius 1 is 0.950 bits per heavy atom. The molecule has 0 aliphatic carbocycles. The fourth-order valence-corrected chi connectivity index (χ4v) is 7.88. The van der Waals surface area contributed by atoms with Gasteiger partial charge in [0.25, 0.3) is 10.0 Å². The van der Waals surface area contributed by atoms with E-state index in [1.54, 1.807) is 24.3 Å². The smallest absolute Gasteiger partial charge is 0.264 e. The van der Waals surface area contributed by atoms with Gasteiger partial charge in [-0.2, -0.15) is 4.31 Å². The van der Waals surface area contributed by atoms with Gasteiger partial charge >= 0.3 is 0 Å². The number of carbonyl (C=O) groups excluding carboxylic acids is 1. The number of amides is 1. The van der Waals surface area contributed by atoms with Crippen molar-refractivity contribution in [3.8, 4) is 5.75 Å². The second kappa shape index (κ2) is 12.4. The minimum atomic E-state index is -4.10. The van der Waals surface area contributed by atoms with Gasteiger partial charge in [0.2, 0.25) is 15.9 Å². The van der Waals surface area contributed by atoms with Gasteiger partial charge in [-0.05, 0) is 68.1 Å². The Morgan fingerprint density at radius 2 is 1.62 bits per heavy atom. The number of anilines is 2. The summed E-state index contributed by atoms with van der Waals surface area (Å²) in [6.45, 7) is 4.11. The lowest BCUT2D eigenvalue weighted by Crippen LogP contribution is -2.38. The molecule has 0 radical (unpaired) electrons. The first-order valence-electron chi connectivity index (χ1n) is 13.2. The van der Waals surface area contributed by atoms with E-state index in [2.05, 4.69) is 5.32 Å². The lowest BCUT2D eigenvalue weighted by molar-refractivity contribution is -0.114. The van der Waals surface area contributed by atoms with Crippen molar-refractivity contribution in [3.63, 3.8) is 0 Å². The number of hydrogen-bond acceptors (Lipinski definition) is 6. The molecule has 0 spiro atoms. The average molecular weight is 586 g/mol. The maximum absolute atomic E-state index is 13.8. The largest absolute Gasteiger partial charge is 0.495 e. The molecule has 11 heteroatoms. The van der Waals surface area contributed by atoms with E-state index in [0.29, 0.717) is 25.2 Å². The number of nitrogens with zero attached hydrogens (tertiary/aromatic N) is 2. The van der Waals surface area contributed by atoms with Crippen LogP contribution in [0.4, 0.5) is 11.4 Å². The van der Waals surface area contributed by atoms with Crippen LogP contribution >= 0.6 is 0 Å². The van der Waals surface area contributed by atoms with E-state index in [1.165, 1.54) is 41.7 Å². The number of rotatable bonds is 10. The average Bonchev–Trinajstić information content (AvgIpc) is 2.96. The first kappa shape index (κ1) is 29.6. The number of sulfonamides is 2. The van der Waals surface area contributed by atoms with Gasteiger partial charge in [0.05, 0.1) is 17.7 Å². The number of carbonyl (C=O) groups is 1. The van der Waals surface area contributed by atoms with E-state index in [9.17, 15) is 21.6 Å². The molecule has 40 heavy (non-hydrogen) atoms. The number of para-hydroxylation sites is 1. The molecule has 1 fully saturated rings. The molecule has 9 nitrogen and oxygen atoms in total. The maximum Gasteiger partial charge on any atom is 0.264 e. The van der Waals surface area contributed by atoms with Crippen LogP contribution in [0.3, 0.4) is 0 Å². The van der Waals surface area contributed by atoms with E-state index in [1.807, 2.05) is 26.0 Å². The molecule has 0 bridgehead atoms. The fourth-order valence-electron chi connectivity index (χ4n) is 4.72. The molecule has 3 aromatic rings. The molecule has 3 aromatic carbocycles. The Bertz CT molecular complexity index is 1570. The Morgan fingerprint density at radius 3 is 2.27 bits per heavy atom. The molecule has 4 rings (SSSR count). The van der Waals surface area contributed by atoms with Crippen molar-refractivity contribution in [2.45, 2.75) is 49.3 Å². The third-order valence-electron chi connectivity index (χ3n) is 6.92. The van der Waals surface area contributed by atoms with Gasteiger partial charge in [0.1, 0.15) is 17.2 Å². The molecule has 0 atom stereocenters. The highest BCUT2D eigenvalue weighted by molar-refractivity contribution is 7.92. The van der Waals surface area contributed by atoms with Gasteiger partial charge in [-0.25, -0.2) is 16.8 Å². The molecule has 1 aliphatic rings. The van der Waals surface area contributed by atoms with Crippen molar-refractivity contribution in [2.75, 3.05) is 36.4 Å². The van der Waals surface area contributed by atoms with E-state index >= 15 is 0 Å². The molecule has 1 aliphatic heterocycles. The first-order chi connectivity index (χ1) is 19.1.